The van der Waals surface area contributed by atoms with Gasteiger partial charge in [-0.1, -0.05) is 47.8 Å². The molecular weight excluding hydrogens is 360 g/mol. The van der Waals surface area contributed by atoms with Gasteiger partial charge >= 0.3 is 0 Å². The average molecular weight is 377 g/mol. The minimum Gasteiger partial charge on any atom is -0.0928 e. The molecule has 3 atom stereocenters. The van der Waals surface area contributed by atoms with Crippen LogP contribution in [-0.4, -0.2) is 16.0 Å². The highest BCUT2D eigenvalue weighted by Gasteiger charge is 2.26. The number of alkyl halides is 3. The Labute approximate surface area is 107 Å². The molecule has 1 fully saturated rings. The second kappa shape index (κ2) is 6.84. The second-order valence-corrected chi connectivity index (χ2v) is 6.18. The SMILES string of the molecule is BrCCC1C[C@@H](CBr)C[C@@H](CBr)C1. The van der Waals surface area contributed by atoms with E-state index in [0.717, 1.165) is 17.8 Å². The van der Waals surface area contributed by atoms with Crippen LogP contribution in [0.4, 0.5) is 0 Å². The van der Waals surface area contributed by atoms with Gasteiger partial charge in [-0.2, -0.15) is 0 Å². The van der Waals surface area contributed by atoms with E-state index in [9.17, 15) is 0 Å². The van der Waals surface area contributed by atoms with E-state index in [0.29, 0.717) is 0 Å². The summed E-state index contributed by atoms with van der Waals surface area (Å²) in [5.41, 5.74) is 0. The molecule has 0 saturated heterocycles. The van der Waals surface area contributed by atoms with Crippen molar-refractivity contribution in [2.45, 2.75) is 25.7 Å². The molecule has 0 N–H and O–H groups in total. The highest BCUT2D eigenvalue weighted by Crippen LogP contribution is 2.36. The fraction of sp³-hybridized carbons (Fsp3) is 1.00. The molecule has 1 rings (SSSR count). The van der Waals surface area contributed by atoms with Crippen molar-refractivity contribution in [2.75, 3.05) is 16.0 Å². The first-order valence-electron chi connectivity index (χ1n) is 4.98. The van der Waals surface area contributed by atoms with Gasteiger partial charge in [0.05, 0.1) is 0 Å². The van der Waals surface area contributed by atoms with E-state index in [1.54, 1.807) is 0 Å². The molecule has 1 aliphatic carbocycles. The number of hydrogen-bond donors (Lipinski definition) is 0. The zero-order valence-corrected chi connectivity index (χ0v) is 12.6. The van der Waals surface area contributed by atoms with Crippen LogP contribution in [-0.2, 0) is 0 Å². The predicted octanol–water partition coefficient (Wildman–Crippen LogP) is 4.59. The fourth-order valence-corrected chi connectivity index (χ4v) is 4.05. The Morgan fingerprint density at radius 3 is 1.62 bits per heavy atom. The standard InChI is InChI=1S/C10H17Br3/c11-2-1-8-3-9(6-12)5-10(4-8)7-13/h8-10H,1-7H2/t8?,9-,10+. The van der Waals surface area contributed by atoms with Gasteiger partial charge in [0, 0.05) is 16.0 Å². The Kier molecular flexibility index (Phi) is 6.58. The molecule has 78 valence electrons. The number of halogens is 3. The van der Waals surface area contributed by atoms with Gasteiger partial charge in [-0.25, -0.2) is 0 Å². The lowest BCUT2D eigenvalue weighted by Crippen LogP contribution is -2.24. The third kappa shape index (κ3) is 4.21. The van der Waals surface area contributed by atoms with Gasteiger partial charge in [0.15, 0.2) is 0 Å². The van der Waals surface area contributed by atoms with Crippen molar-refractivity contribution in [3.63, 3.8) is 0 Å². The van der Waals surface area contributed by atoms with Crippen LogP contribution in [0.1, 0.15) is 25.7 Å². The van der Waals surface area contributed by atoms with E-state index in [1.807, 2.05) is 0 Å². The summed E-state index contributed by atoms with van der Waals surface area (Å²) in [5.74, 6) is 2.79. The number of hydrogen-bond acceptors (Lipinski definition) is 0. The van der Waals surface area contributed by atoms with Crippen LogP contribution in [0.2, 0.25) is 0 Å². The molecular formula is C10H17Br3. The maximum absolute atomic E-state index is 3.62. The third-order valence-electron chi connectivity index (χ3n) is 2.95. The molecule has 1 aliphatic rings. The second-order valence-electron chi connectivity index (χ2n) is 4.09. The Morgan fingerprint density at radius 2 is 1.23 bits per heavy atom. The quantitative estimate of drug-likeness (QED) is 0.629. The monoisotopic (exact) mass is 374 g/mol. The zero-order chi connectivity index (χ0) is 9.68. The van der Waals surface area contributed by atoms with E-state index in [1.165, 1.54) is 41.7 Å². The lowest BCUT2D eigenvalue weighted by atomic mass is 9.76. The summed E-state index contributed by atoms with van der Waals surface area (Å²) in [4.78, 5) is 0. The highest BCUT2D eigenvalue weighted by atomic mass is 79.9. The maximum atomic E-state index is 3.62. The van der Waals surface area contributed by atoms with Crippen LogP contribution in [0.15, 0.2) is 0 Å². The average Bonchev–Trinajstić information content (AvgIpc) is 2.17. The van der Waals surface area contributed by atoms with Gasteiger partial charge in [-0.3, -0.25) is 0 Å². The van der Waals surface area contributed by atoms with E-state index in [4.69, 9.17) is 0 Å². The molecule has 0 aromatic rings. The Morgan fingerprint density at radius 1 is 0.769 bits per heavy atom. The molecule has 0 amide bonds. The topological polar surface area (TPSA) is 0 Å². The van der Waals surface area contributed by atoms with Crippen molar-refractivity contribution < 1.29 is 0 Å². The molecule has 3 heteroatoms. The molecule has 0 heterocycles. The van der Waals surface area contributed by atoms with Crippen molar-refractivity contribution in [3.8, 4) is 0 Å². The van der Waals surface area contributed by atoms with Crippen LogP contribution in [0.25, 0.3) is 0 Å². The first-order chi connectivity index (χ1) is 6.30. The summed E-state index contributed by atoms with van der Waals surface area (Å²) >= 11 is 10.8. The van der Waals surface area contributed by atoms with Crippen LogP contribution in [0, 0.1) is 17.8 Å². The van der Waals surface area contributed by atoms with Gasteiger partial charge in [-0.05, 0) is 43.4 Å². The Hall–Kier alpha value is 1.44. The molecule has 1 unspecified atom stereocenters. The molecule has 0 bridgehead atoms. The largest absolute Gasteiger partial charge is 0.0928 e. The molecule has 0 radical (unpaired) electrons. The third-order valence-corrected chi connectivity index (χ3v) is 5.24. The lowest BCUT2D eigenvalue weighted by molar-refractivity contribution is 0.224. The normalized spacial score (nSPS) is 34.8. The molecule has 0 aromatic heterocycles. The highest BCUT2D eigenvalue weighted by molar-refractivity contribution is 9.09. The van der Waals surface area contributed by atoms with Gasteiger partial charge in [0.25, 0.3) is 0 Å². The van der Waals surface area contributed by atoms with Crippen LogP contribution in [0.3, 0.4) is 0 Å². The van der Waals surface area contributed by atoms with E-state index in [2.05, 4.69) is 47.8 Å². The van der Waals surface area contributed by atoms with Crippen molar-refractivity contribution in [1.82, 2.24) is 0 Å². The van der Waals surface area contributed by atoms with E-state index >= 15 is 0 Å². The number of rotatable bonds is 4. The summed E-state index contributed by atoms with van der Waals surface area (Å²) < 4.78 is 0. The van der Waals surface area contributed by atoms with Gasteiger partial charge in [0.1, 0.15) is 0 Å². The molecule has 0 nitrogen and oxygen atoms in total. The smallest absolute Gasteiger partial charge is 0.00598 e. The minimum absolute atomic E-state index is 0.917. The lowest BCUT2D eigenvalue weighted by Gasteiger charge is -2.33. The first-order valence-corrected chi connectivity index (χ1v) is 8.34. The van der Waals surface area contributed by atoms with Crippen molar-refractivity contribution in [3.05, 3.63) is 0 Å². The summed E-state index contributed by atoms with van der Waals surface area (Å²) in [7, 11) is 0. The van der Waals surface area contributed by atoms with E-state index in [-0.39, 0.29) is 0 Å². The van der Waals surface area contributed by atoms with Crippen LogP contribution >= 0.6 is 47.8 Å². The van der Waals surface area contributed by atoms with Gasteiger partial charge < -0.3 is 0 Å². The molecule has 0 spiro atoms. The van der Waals surface area contributed by atoms with E-state index < -0.39 is 0 Å². The van der Waals surface area contributed by atoms with Gasteiger partial charge in [-0.15, -0.1) is 0 Å². The Bertz CT molecular complexity index is 126. The molecule has 0 aromatic carbocycles. The summed E-state index contributed by atoms with van der Waals surface area (Å²) in [6.07, 6.45) is 5.63. The predicted molar refractivity (Wildman–Crippen MR) is 70.3 cm³/mol. The summed E-state index contributed by atoms with van der Waals surface area (Å²) in [6, 6.07) is 0. The zero-order valence-electron chi connectivity index (χ0n) is 7.82. The van der Waals surface area contributed by atoms with Crippen LogP contribution < -0.4 is 0 Å². The van der Waals surface area contributed by atoms with Crippen molar-refractivity contribution in [1.29, 1.82) is 0 Å². The van der Waals surface area contributed by atoms with Crippen molar-refractivity contribution >= 4 is 47.8 Å². The Balaban J connectivity index is 2.39. The molecule has 13 heavy (non-hydrogen) atoms. The molecule has 0 aliphatic heterocycles. The van der Waals surface area contributed by atoms with Gasteiger partial charge in [0.2, 0.25) is 0 Å². The van der Waals surface area contributed by atoms with Crippen molar-refractivity contribution in [2.24, 2.45) is 17.8 Å². The molecule has 1 saturated carbocycles. The van der Waals surface area contributed by atoms with Crippen LogP contribution in [0.5, 0.6) is 0 Å². The fourth-order valence-electron chi connectivity index (χ4n) is 2.34. The summed E-state index contributed by atoms with van der Waals surface area (Å²) in [6.45, 7) is 0. The maximum Gasteiger partial charge on any atom is 0.00598 e. The minimum atomic E-state index is 0.917. The summed E-state index contributed by atoms with van der Waals surface area (Å²) in [5, 5.41) is 3.55. The first kappa shape index (κ1) is 12.5.